The molecule has 0 spiro atoms. The van der Waals surface area contributed by atoms with Crippen molar-refractivity contribution in [3.63, 3.8) is 0 Å². The number of amides is 1. The molecule has 4 nitrogen and oxygen atoms in total. The van der Waals surface area contributed by atoms with Crippen LogP contribution in [0.1, 0.15) is 25.0 Å². The van der Waals surface area contributed by atoms with Crippen molar-refractivity contribution in [3.05, 3.63) is 53.6 Å². The lowest BCUT2D eigenvalue weighted by Crippen LogP contribution is -2.34. The molecule has 110 valence electrons. The topological polar surface area (TPSA) is 75.3 Å². The molecule has 0 aromatic heterocycles. The van der Waals surface area contributed by atoms with Crippen molar-refractivity contribution in [3.8, 4) is 5.75 Å². The van der Waals surface area contributed by atoms with Gasteiger partial charge in [0.15, 0.2) is 0 Å². The quantitative estimate of drug-likeness (QED) is 0.598. The van der Waals surface area contributed by atoms with Crippen LogP contribution in [-0.2, 0) is 10.2 Å². The molecule has 4 N–H and O–H groups in total. The highest BCUT2D eigenvalue weighted by Gasteiger charge is 2.30. The lowest BCUT2D eigenvalue weighted by molar-refractivity contribution is -0.120. The van der Waals surface area contributed by atoms with Crippen LogP contribution in [0.4, 0.5) is 11.4 Å². The first-order valence-electron chi connectivity index (χ1n) is 6.78. The average Bonchev–Trinajstić information content (AvgIpc) is 2.43. The fourth-order valence-corrected chi connectivity index (χ4v) is 2.06. The summed E-state index contributed by atoms with van der Waals surface area (Å²) in [7, 11) is 0. The molecule has 0 fully saturated rings. The van der Waals surface area contributed by atoms with Crippen LogP contribution in [0, 0.1) is 6.92 Å². The Labute approximate surface area is 124 Å². The van der Waals surface area contributed by atoms with Gasteiger partial charge in [0, 0.05) is 5.69 Å². The number of aromatic hydroxyl groups is 1. The minimum atomic E-state index is -0.732. The van der Waals surface area contributed by atoms with Gasteiger partial charge in [-0.15, -0.1) is 0 Å². The highest BCUT2D eigenvalue weighted by molar-refractivity contribution is 5.99. The predicted molar refractivity (Wildman–Crippen MR) is 85.4 cm³/mol. The normalized spacial score (nSPS) is 11.2. The van der Waals surface area contributed by atoms with Crippen molar-refractivity contribution in [2.45, 2.75) is 26.2 Å². The van der Waals surface area contributed by atoms with Gasteiger partial charge in [0.05, 0.1) is 11.1 Å². The molecule has 0 bridgehead atoms. The molecule has 0 aliphatic rings. The van der Waals surface area contributed by atoms with Gasteiger partial charge in [-0.25, -0.2) is 0 Å². The molecule has 0 heterocycles. The molecule has 0 saturated carbocycles. The van der Waals surface area contributed by atoms with Gasteiger partial charge in [0.25, 0.3) is 0 Å². The number of benzene rings is 2. The Morgan fingerprint density at radius 2 is 1.76 bits per heavy atom. The first-order valence-corrected chi connectivity index (χ1v) is 6.78. The van der Waals surface area contributed by atoms with E-state index in [1.54, 1.807) is 30.3 Å². The summed E-state index contributed by atoms with van der Waals surface area (Å²) >= 11 is 0. The number of nitrogens with two attached hydrogens (primary N) is 1. The fourth-order valence-electron chi connectivity index (χ4n) is 2.06. The monoisotopic (exact) mass is 284 g/mol. The second-order valence-corrected chi connectivity index (χ2v) is 5.72. The number of hydrogen-bond acceptors (Lipinski definition) is 3. The zero-order valence-corrected chi connectivity index (χ0v) is 12.5. The maximum absolute atomic E-state index is 12.5. The van der Waals surface area contributed by atoms with E-state index in [4.69, 9.17) is 5.73 Å². The first-order chi connectivity index (χ1) is 9.80. The molecule has 2 aromatic carbocycles. The van der Waals surface area contributed by atoms with Crippen molar-refractivity contribution in [2.24, 2.45) is 0 Å². The molecule has 21 heavy (non-hydrogen) atoms. The summed E-state index contributed by atoms with van der Waals surface area (Å²) in [4.78, 5) is 12.5. The number of anilines is 2. The number of nitrogens with one attached hydrogen (secondary N) is 1. The highest BCUT2D eigenvalue weighted by atomic mass is 16.3. The average molecular weight is 284 g/mol. The third-order valence-electron chi connectivity index (χ3n) is 3.60. The Bertz CT molecular complexity index is 661. The molecule has 1 amide bonds. The van der Waals surface area contributed by atoms with Crippen LogP contribution in [0.15, 0.2) is 42.5 Å². The molecule has 0 aliphatic carbocycles. The van der Waals surface area contributed by atoms with Crippen molar-refractivity contribution in [1.29, 1.82) is 0 Å². The fraction of sp³-hybridized carbons (Fsp3) is 0.235. The molecular weight excluding hydrogens is 264 g/mol. The number of phenolic OH excluding ortho intramolecular Hbond substituents is 1. The molecule has 0 aliphatic heterocycles. The van der Waals surface area contributed by atoms with E-state index in [9.17, 15) is 9.90 Å². The lowest BCUT2D eigenvalue weighted by Gasteiger charge is -2.24. The molecule has 0 atom stereocenters. The third kappa shape index (κ3) is 3.16. The van der Waals surface area contributed by atoms with Crippen molar-refractivity contribution in [1.82, 2.24) is 0 Å². The highest BCUT2D eigenvalue weighted by Crippen LogP contribution is 2.29. The molecule has 2 rings (SSSR count). The molecular formula is C17H20N2O2. The second kappa shape index (κ2) is 5.48. The van der Waals surface area contributed by atoms with Crippen LogP contribution in [0.25, 0.3) is 0 Å². The van der Waals surface area contributed by atoms with E-state index in [1.165, 1.54) is 0 Å². The molecule has 4 heteroatoms. The van der Waals surface area contributed by atoms with Gasteiger partial charge >= 0.3 is 0 Å². The lowest BCUT2D eigenvalue weighted by atomic mass is 9.83. The summed E-state index contributed by atoms with van der Waals surface area (Å²) in [6.07, 6.45) is 0. The number of phenols is 1. The van der Waals surface area contributed by atoms with E-state index in [-0.39, 0.29) is 11.7 Å². The van der Waals surface area contributed by atoms with E-state index in [0.29, 0.717) is 11.4 Å². The van der Waals surface area contributed by atoms with Crippen LogP contribution in [-0.4, -0.2) is 11.0 Å². The second-order valence-electron chi connectivity index (χ2n) is 5.72. The number of nitrogen functional groups attached to an aromatic ring is 1. The van der Waals surface area contributed by atoms with Crippen LogP contribution in [0.2, 0.25) is 0 Å². The van der Waals surface area contributed by atoms with Crippen LogP contribution < -0.4 is 11.1 Å². The van der Waals surface area contributed by atoms with Gasteiger partial charge in [-0.2, -0.15) is 0 Å². The maximum atomic E-state index is 12.5. The van der Waals surface area contributed by atoms with E-state index in [1.807, 2.05) is 32.9 Å². The number of carbonyl (C=O) groups is 1. The number of aryl methyl sites for hydroxylation is 1. The standard InChI is InChI=1S/C17H20N2O2/c1-11-4-9-15(20)14(10-11)19-16(21)17(2,3)12-5-7-13(18)8-6-12/h4-10,20H,18H2,1-3H3,(H,19,21). The van der Waals surface area contributed by atoms with Gasteiger partial charge < -0.3 is 16.2 Å². The van der Waals surface area contributed by atoms with Crippen molar-refractivity contribution >= 4 is 17.3 Å². The third-order valence-corrected chi connectivity index (χ3v) is 3.60. The number of rotatable bonds is 3. The SMILES string of the molecule is Cc1ccc(O)c(NC(=O)C(C)(C)c2ccc(N)cc2)c1. The van der Waals surface area contributed by atoms with E-state index in [2.05, 4.69) is 5.32 Å². The van der Waals surface area contributed by atoms with Crippen LogP contribution in [0.3, 0.4) is 0 Å². The first kappa shape index (κ1) is 14.9. The molecule has 0 radical (unpaired) electrons. The van der Waals surface area contributed by atoms with Crippen molar-refractivity contribution in [2.75, 3.05) is 11.1 Å². The zero-order valence-electron chi connectivity index (χ0n) is 12.5. The summed E-state index contributed by atoms with van der Waals surface area (Å²) in [6, 6.07) is 12.3. The molecule has 0 saturated heterocycles. The molecule has 2 aromatic rings. The van der Waals surface area contributed by atoms with Crippen molar-refractivity contribution < 1.29 is 9.90 Å². The Kier molecular flexibility index (Phi) is 3.89. The van der Waals surface area contributed by atoms with Gasteiger partial charge in [-0.3, -0.25) is 4.79 Å². The van der Waals surface area contributed by atoms with E-state index < -0.39 is 5.41 Å². The number of carbonyl (C=O) groups excluding carboxylic acids is 1. The zero-order chi connectivity index (χ0) is 15.6. The Morgan fingerprint density at radius 3 is 2.38 bits per heavy atom. The van der Waals surface area contributed by atoms with Gasteiger partial charge in [0.1, 0.15) is 5.75 Å². The van der Waals surface area contributed by atoms with E-state index >= 15 is 0 Å². The Balaban J connectivity index is 2.26. The molecule has 0 unspecified atom stereocenters. The smallest absolute Gasteiger partial charge is 0.234 e. The van der Waals surface area contributed by atoms with Gasteiger partial charge in [-0.05, 0) is 56.2 Å². The summed E-state index contributed by atoms with van der Waals surface area (Å²) in [6.45, 7) is 5.57. The summed E-state index contributed by atoms with van der Waals surface area (Å²) in [5, 5.41) is 12.6. The summed E-state index contributed by atoms with van der Waals surface area (Å²) in [5.74, 6) is -0.129. The predicted octanol–water partition coefficient (Wildman–Crippen LogP) is 3.20. The number of hydrogen-bond donors (Lipinski definition) is 3. The van der Waals surface area contributed by atoms with Crippen LogP contribution in [0.5, 0.6) is 5.75 Å². The summed E-state index contributed by atoms with van der Waals surface area (Å²) in [5.41, 5.74) is 7.85. The van der Waals surface area contributed by atoms with E-state index in [0.717, 1.165) is 11.1 Å². The van der Waals surface area contributed by atoms with Gasteiger partial charge in [0.2, 0.25) is 5.91 Å². The minimum absolute atomic E-state index is 0.0575. The van der Waals surface area contributed by atoms with Gasteiger partial charge in [-0.1, -0.05) is 18.2 Å². The Hall–Kier alpha value is -2.49. The van der Waals surface area contributed by atoms with Crippen LogP contribution >= 0.6 is 0 Å². The Morgan fingerprint density at radius 1 is 1.14 bits per heavy atom. The largest absolute Gasteiger partial charge is 0.506 e. The summed E-state index contributed by atoms with van der Waals surface area (Å²) < 4.78 is 0. The minimum Gasteiger partial charge on any atom is -0.506 e. The maximum Gasteiger partial charge on any atom is 0.234 e.